The topological polar surface area (TPSA) is 28.2 Å². The summed E-state index contributed by atoms with van der Waals surface area (Å²) in [5.41, 5.74) is 1.33. The normalized spacial score (nSPS) is 21.1. The average Bonchev–Trinajstić information content (AvgIpc) is 2.66. The van der Waals surface area contributed by atoms with Gasteiger partial charge in [0, 0.05) is 19.3 Å². The number of likely N-dealkylation sites (tertiary alicyclic amines) is 1. The van der Waals surface area contributed by atoms with Gasteiger partial charge in [0.2, 0.25) is 0 Å². The van der Waals surface area contributed by atoms with Crippen molar-refractivity contribution in [3.8, 4) is 0 Å². The molecule has 2 heterocycles. The van der Waals surface area contributed by atoms with E-state index in [0.717, 1.165) is 24.8 Å². The van der Waals surface area contributed by atoms with E-state index in [1.165, 1.54) is 44.3 Å². The molecule has 3 nitrogen and oxygen atoms in total. The molecule has 19 heavy (non-hydrogen) atoms. The second-order valence-electron chi connectivity index (χ2n) is 5.56. The van der Waals surface area contributed by atoms with E-state index >= 15 is 0 Å². The van der Waals surface area contributed by atoms with Crippen LogP contribution in [0.2, 0.25) is 0 Å². The summed E-state index contributed by atoms with van der Waals surface area (Å²) < 4.78 is 0. The van der Waals surface area contributed by atoms with Gasteiger partial charge in [0.25, 0.3) is 0 Å². The van der Waals surface area contributed by atoms with Gasteiger partial charge in [-0.1, -0.05) is 19.4 Å². The summed E-state index contributed by atoms with van der Waals surface area (Å²) in [5, 5.41) is 3.24. The lowest BCUT2D eigenvalue weighted by atomic mass is 9.98. The molecule has 1 saturated heterocycles. The third-order valence-electron chi connectivity index (χ3n) is 4.11. The highest BCUT2D eigenvalue weighted by Gasteiger charge is 2.15. The van der Waals surface area contributed by atoms with Crippen LogP contribution in [-0.4, -0.2) is 29.5 Å². The van der Waals surface area contributed by atoms with Crippen molar-refractivity contribution < 1.29 is 0 Å². The molecule has 1 fully saturated rings. The molecule has 2 rings (SSSR count). The number of pyridine rings is 1. The number of nitrogens with zero attached hydrogens (tertiary/aromatic N) is 2. The molecule has 1 unspecified atom stereocenters. The van der Waals surface area contributed by atoms with Gasteiger partial charge in [0.15, 0.2) is 0 Å². The van der Waals surface area contributed by atoms with Crippen LogP contribution in [0.4, 0.5) is 5.82 Å². The summed E-state index contributed by atoms with van der Waals surface area (Å²) in [5.74, 6) is 1.92. The van der Waals surface area contributed by atoms with E-state index in [2.05, 4.69) is 41.2 Å². The van der Waals surface area contributed by atoms with Crippen LogP contribution in [0.1, 0.15) is 45.1 Å². The maximum atomic E-state index is 4.45. The fourth-order valence-corrected chi connectivity index (χ4v) is 2.85. The van der Waals surface area contributed by atoms with Crippen LogP contribution in [0.25, 0.3) is 0 Å². The van der Waals surface area contributed by atoms with E-state index in [-0.39, 0.29) is 0 Å². The van der Waals surface area contributed by atoms with Crippen molar-refractivity contribution in [2.45, 2.75) is 46.1 Å². The van der Waals surface area contributed by atoms with Crippen molar-refractivity contribution in [1.82, 2.24) is 9.88 Å². The van der Waals surface area contributed by atoms with Crippen LogP contribution < -0.4 is 5.32 Å². The van der Waals surface area contributed by atoms with E-state index in [1.54, 1.807) is 0 Å². The molecule has 0 aromatic carbocycles. The maximum absolute atomic E-state index is 4.45. The van der Waals surface area contributed by atoms with Crippen LogP contribution in [-0.2, 0) is 6.54 Å². The lowest BCUT2D eigenvalue weighted by Gasteiger charge is -2.20. The summed E-state index contributed by atoms with van der Waals surface area (Å²) in [6.45, 7) is 8.88. The highest BCUT2D eigenvalue weighted by Crippen LogP contribution is 2.21. The Balaban J connectivity index is 1.86. The van der Waals surface area contributed by atoms with E-state index in [0.29, 0.717) is 0 Å². The average molecular weight is 261 g/mol. The third kappa shape index (κ3) is 4.50. The Morgan fingerprint density at radius 2 is 2.16 bits per heavy atom. The van der Waals surface area contributed by atoms with E-state index in [9.17, 15) is 0 Å². The van der Waals surface area contributed by atoms with Gasteiger partial charge in [-0.15, -0.1) is 0 Å². The summed E-state index contributed by atoms with van der Waals surface area (Å²) in [6.07, 6.45) is 7.47. The molecule has 0 saturated carbocycles. The zero-order chi connectivity index (χ0) is 13.5. The van der Waals surface area contributed by atoms with E-state index in [4.69, 9.17) is 0 Å². The predicted molar refractivity (Wildman–Crippen MR) is 81.3 cm³/mol. The van der Waals surface area contributed by atoms with Crippen molar-refractivity contribution in [3.63, 3.8) is 0 Å². The maximum Gasteiger partial charge on any atom is 0.125 e. The fourth-order valence-electron chi connectivity index (χ4n) is 2.85. The molecule has 1 aliphatic heterocycles. The first-order valence-corrected chi connectivity index (χ1v) is 7.73. The molecule has 0 aliphatic carbocycles. The molecule has 3 heteroatoms. The highest BCUT2D eigenvalue weighted by atomic mass is 15.1. The molecule has 0 radical (unpaired) electrons. The summed E-state index contributed by atoms with van der Waals surface area (Å²) in [4.78, 5) is 7.03. The molecular weight excluding hydrogens is 234 g/mol. The molecule has 1 atom stereocenters. The minimum absolute atomic E-state index is 0.927. The second kappa shape index (κ2) is 7.49. The molecular formula is C16H27N3. The number of hydrogen-bond acceptors (Lipinski definition) is 3. The molecule has 106 valence electrons. The Labute approximate surface area is 117 Å². The largest absolute Gasteiger partial charge is 0.370 e. The molecule has 1 aromatic heterocycles. The van der Waals surface area contributed by atoms with Gasteiger partial charge < -0.3 is 5.32 Å². The van der Waals surface area contributed by atoms with Crippen molar-refractivity contribution in [2.24, 2.45) is 5.92 Å². The van der Waals surface area contributed by atoms with Gasteiger partial charge in [0.05, 0.1) is 0 Å². The van der Waals surface area contributed by atoms with Gasteiger partial charge in [-0.3, -0.25) is 4.90 Å². The standard InChI is InChI=1S/C16H27N3/c1-3-14-6-5-10-19(11-9-14)13-15-7-8-16(17-4-2)18-12-15/h7-8,12,14H,3-6,9-11,13H2,1-2H3,(H,17,18). The van der Waals surface area contributed by atoms with Gasteiger partial charge in [-0.2, -0.15) is 0 Å². The fraction of sp³-hybridized carbons (Fsp3) is 0.688. The van der Waals surface area contributed by atoms with Crippen molar-refractivity contribution in [3.05, 3.63) is 23.9 Å². The molecule has 1 aromatic rings. The smallest absolute Gasteiger partial charge is 0.125 e. The van der Waals surface area contributed by atoms with Gasteiger partial charge in [-0.25, -0.2) is 4.98 Å². The van der Waals surface area contributed by atoms with Crippen LogP contribution in [0.5, 0.6) is 0 Å². The zero-order valence-electron chi connectivity index (χ0n) is 12.4. The summed E-state index contributed by atoms with van der Waals surface area (Å²) in [7, 11) is 0. The Morgan fingerprint density at radius 1 is 1.26 bits per heavy atom. The van der Waals surface area contributed by atoms with Crippen molar-refractivity contribution in [2.75, 3.05) is 25.0 Å². The Kier molecular flexibility index (Phi) is 5.64. The van der Waals surface area contributed by atoms with E-state index in [1.807, 2.05) is 6.20 Å². The third-order valence-corrected chi connectivity index (χ3v) is 4.11. The zero-order valence-corrected chi connectivity index (χ0v) is 12.4. The number of rotatable bonds is 5. The van der Waals surface area contributed by atoms with Crippen molar-refractivity contribution in [1.29, 1.82) is 0 Å². The molecule has 0 bridgehead atoms. The first-order chi connectivity index (χ1) is 9.31. The van der Waals surface area contributed by atoms with E-state index < -0.39 is 0 Å². The Bertz CT molecular complexity index is 361. The molecule has 1 aliphatic rings. The SMILES string of the molecule is CCNc1ccc(CN2CCCC(CC)CC2)cn1. The number of aromatic nitrogens is 1. The number of hydrogen-bond donors (Lipinski definition) is 1. The van der Waals surface area contributed by atoms with Crippen LogP contribution in [0.3, 0.4) is 0 Å². The van der Waals surface area contributed by atoms with Crippen LogP contribution in [0.15, 0.2) is 18.3 Å². The highest BCUT2D eigenvalue weighted by molar-refractivity contribution is 5.35. The molecule has 1 N–H and O–H groups in total. The Morgan fingerprint density at radius 3 is 2.84 bits per heavy atom. The second-order valence-corrected chi connectivity index (χ2v) is 5.56. The monoisotopic (exact) mass is 261 g/mol. The van der Waals surface area contributed by atoms with Gasteiger partial charge >= 0.3 is 0 Å². The van der Waals surface area contributed by atoms with Gasteiger partial charge in [-0.05, 0) is 56.8 Å². The van der Waals surface area contributed by atoms with Crippen molar-refractivity contribution >= 4 is 5.82 Å². The lowest BCUT2D eigenvalue weighted by Crippen LogP contribution is -2.24. The molecule has 0 amide bonds. The number of anilines is 1. The predicted octanol–water partition coefficient (Wildman–Crippen LogP) is 3.53. The Hall–Kier alpha value is -1.09. The molecule has 0 spiro atoms. The quantitative estimate of drug-likeness (QED) is 0.879. The first-order valence-electron chi connectivity index (χ1n) is 7.73. The minimum Gasteiger partial charge on any atom is -0.370 e. The lowest BCUT2D eigenvalue weighted by molar-refractivity contribution is 0.272. The van der Waals surface area contributed by atoms with Crippen LogP contribution >= 0.6 is 0 Å². The van der Waals surface area contributed by atoms with Gasteiger partial charge in [0.1, 0.15) is 5.82 Å². The first kappa shape index (κ1) is 14.3. The summed E-state index contributed by atoms with van der Waals surface area (Å²) >= 11 is 0. The minimum atomic E-state index is 0.927. The number of nitrogens with one attached hydrogen (secondary N) is 1. The van der Waals surface area contributed by atoms with Crippen LogP contribution in [0, 0.1) is 5.92 Å². The summed E-state index contributed by atoms with van der Waals surface area (Å²) in [6, 6.07) is 4.29.